The molecule has 0 atom stereocenters. The zero-order chi connectivity index (χ0) is 18.9. The van der Waals surface area contributed by atoms with Crippen LogP contribution in [0.2, 0.25) is 0 Å². The molecule has 1 N–H and O–H groups in total. The Morgan fingerprint density at radius 3 is 2.38 bits per heavy atom. The molecule has 0 fully saturated rings. The van der Waals surface area contributed by atoms with Crippen molar-refractivity contribution in [3.63, 3.8) is 0 Å². The molecule has 2 aromatic carbocycles. The second kappa shape index (κ2) is 6.60. The van der Waals surface area contributed by atoms with Gasteiger partial charge in [0.15, 0.2) is 5.89 Å². The quantitative estimate of drug-likeness (QED) is 0.539. The molecule has 0 aliphatic rings. The summed E-state index contributed by atoms with van der Waals surface area (Å²) in [5.41, 5.74) is 1.52. The molecular formula is C17H15N3O5S. The first kappa shape index (κ1) is 17.6. The Labute approximate surface area is 149 Å². The van der Waals surface area contributed by atoms with Crippen molar-refractivity contribution in [2.24, 2.45) is 0 Å². The first-order valence-electron chi connectivity index (χ1n) is 7.58. The maximum Gasteiger partial charge on any atom is 0.270 e. The number of aryl methyl sites for hydroxylation is 2. The van der Waals surface area contributed by atoms with Crippen LogP contribution in [-0.4, -0.2) is 18.3 Å². The molecule has 0 amide bonds. The predicted octanol–water partition coefficient (Wildman–Crippen LogP) is 3.67. The molecule has 0 saturated heterocycles. The highest BCUT2D eigenvalue weighted by molar-refractivity contribution is 7.92. The van der Waals surface area contributed by atoms with E-state index >= 15 is 0 Å². The number of sulfonamides is 1. The summed E-state index contributed by atoms with van der Waals surface area (Å²) in [6.45, 7) is 3.55. The van der Waals surface area contributed by atoms with Crippen LogP contribution in [0.3, 0.4) is 0 Å². The van der Waals surface area contributed by atoms with E-state index in [4.69, 9.17) is 4.42 Å². The van der Waals surface area contributed by atoms with E-state index < -0.39 is 14.9 Å². The number of nitro benzene ring substituents is 1. The number of anilines is 1. The summed E-state index contributed by atoms with van der Waals surface area (Å²) >= 11 is 0. The fourth-order valence-corrected chi connectivity index (χ4v) is 3.57. The lowest BCUT2D eigenvalue weighted by molar-refractivity contribution is -0.385. The number of hydrogen-bond donors (Lipinski definition) is 1. The van der Waals surface area contributed by atoms with Gasteiger partial charge in [0.1, 0.15) is 11.5 Å². The normalized spacial score (nSPS) is 11.3. The van der Waals surface area contributed by atoms with Crippen LogP contribution in [0.5, 0.6) is 0 Å². The predicted molar refractivity (Wildman–Crippen MR) is 95.3 cm³/mol. The number of rotatable bonds is 5. The fourth-order valence-electron chi connectivity index (χ4n) is 2.47. The van der Waals surface area contributed by atoms with Gasteiger partial charge in [0.2, 0.25) is 0 Å². The topological polar surface area (TPSA) is 115 Å². The van der Waals surface area contributed by atoms with Gasteiger partial charge in [-0.15, -0.1) is 0 Å². The molecule has 8 nitrogen and oxygen atoms in total. The molecule has 3 aromatic rings. The van der Waals surface area contributed by atoms with Crippen molar-refractivity contribution >= 4 is 21.4 Å². The van der Waals surface area contributed by atoms with Crippen LogP contribution in [-0.2, 0) is 10.0 Å². The van der Waals surface area contributed by atoms with E-state index in [-0.39, 0.29) is 10.6 Å². The van der Waals surface area contributed by atoms with Gasteiger partial charge in [-0.25, -0.2) is 13.4 Å². The summed E-state index contributed by atoms with van der Waals surface area (Å²) in [4.78, 5) is 14.3. The highest BCUT2D eigenvalue weighted by Gasteiger charge is 2.18. The van der Waals surface area contributed by atoms with Gasteiger partial charge < -0.3 is 4.42 Å². The van der Waals surface area contributed by atoms with E-state index in [0.717, 1.165) is 11.6 Å². The average molecular weight is 373 g/mol. The van der Waals surface area contributed by atoms with Gasteiger partial charge in [-0.05, 0) is 25.1 Å². The summed E-state index contributed by atoms with van der Waals surface area (Å²) in [5.74, 6) is 1.22. The first-order valence-corrected chi connectivity index (χ1v) is 9.06. The highest BCUT2D eigenvalue weighted by Crippen LogP contribution is 2.26. The Balaban J connectivity index is 1.85. The second-order valence-corrected chi connectivity index (χ2v) is 7.26. The molecule has 1 heterocycles. The Morgan fingerprint density at radius 2 is 1.81 bits per heavy atom. The summed E-state index contributed by atoms with van der Waals surface area (Å²) in [7, 11) is -3.94. The number of nitro groups is 1. The van der Waals surface area contributed by atoms with Crippen molar-refractivity contribution in [1.82, 2.24) is 4.98 Å². The summed E-state index contributed by atoms with van der Waals surface area (Å²) in [6, 6.07) is 11.5. The van der Waals surface area contributed by atoms with E-state index in [2.05, 4.69) is 9.71 Å². The van der Waals surface area contributed by atoms with Crippen LogP contribution < -0.4 is 4.72 Å². The third kappa shape index (κ3) is 3.57. The van der Waals surface area contributed by atoms with Crippen molar-refractivity contribution in [2.45, 2.75) is 18.7 Å². The standard InChI is InChI=1S/C17H15N3O5S/c1-11-17(18-12(2)25-11)13-6-8-14(9-7-13)19-26(23,24)16-5-3-4-15(10-16)20(21)22/h3-10,19H,1-2H3. The van der Waals surface area contributed by atoms with Gasteiger partial charge in [-0.2, -0.15) is 0 Å². The number of oxazole rings is 1. The Bertz CT molecular complexity index is 1070. The van der Waals surface area contributed by atoms with Gasteiger partial charge in [-0.3, -0.25) is 14.8 Å². The van der Waals surface area contributed by atoms with Gasteiger partial charge in [0, 0.05) is 30.3 Å². The second-order valence-electron chi connectivity index (χ2n) is 5.57. The minimum atomic E-state index is -3.94. The van der Waals surface area contributed by atoms with Crippen LogP contribution in [0.25, 0.3) is 11.3 Å². The van der Waals surface area contributed by atoms with E-state index in [1.54, 1.807) is 38.1 Å². The summed E-state index contributed by atoms with van der Waals surface area (Å²) in [6.07, 6.45) is 0. The van der Waals surface area contributed by atoms with Crippen LogP contribution in [0.1, 0.15) is 11.7 Å². The van der Waals surface area contributed by atoms with Crippen molar-refractivity contribution in [3.05, 3.63) is 70.3 Å². The third-order valence-electron chi connectivity index (χ3n) is 3.65. The van der Waals surface area contributed by atoms with E-state index in [0.29, 0.717) is 23.0 Å². The third-order valence-corrected chi connectivity index (χ3v) is 5.03. The molecule has 3 rings (SSSR count). The van der Waals surface area contributed by atoms with Crippen molar-refractivity contribution in [2.75, 3.05) is 4.72 Å². The van der Waals surface area contributed by atoms with Crippen LogP contribution in [0.15, 0.2) is 57.8 Å². The SMILES string of the molecule is Cc1nc(-c2ccc(NS(=O)(=O)c3cccc([N+](=O)[O-])c3)cc2)c(C)o1. The van der Waals surface area contributed by atoms with Crippen molar-refractivity contribution < 1.29 is 17.8 Å². The lowest BCUT2D eigenvalue weighted by atomic mass is 10.1. The molecule has 9 heteroatoms. The zero-order valence-corrected chi connectivity index (χ0v) is 14.8. The number of non-ortho nitro benzene ring substituents is 1. The molecule has 134 valence electrons. The Hall–Kier alpha value is -3.20. The van der Waals surface area contributed by atoms with E-state index in [1.165, 1.54) is 18.2 Å². The molecule has 0 bridgehead atoms. The number of nitrogens with zero attached hydrogens (tertiary/aromatic N) is 2. The van der Waals surface area contributed by atoms with Crippen LogP contribution in [0.4, 0.5) is 11.4 Å². The van der Waals surface area contributed by atoms with Crippen molar-refractivity contribution in [1.29, 1.82) is 0 Å². The summed E-state index contributed by atoms with van der Waals surface area (Å²) < 4.78 is 32.7. The first-order chi connectivity index (χ1) is 12.3. The molecular weight excluding hydrogens is 358 g/mol. The van der Waals surface area contributed by atoms with Crippen molar-refractivity contribution in [3.8, 4) is 11.3 Å². The fraction of sp³-hybridized carbons (Fsp3) is 0.118. The molecule has 0 aliphatic heterocycles. The number of hydrogen-bond acceptors (Lipinski definition) is 6. The van der Waals surface area contributed by atoms with Crippen LogP contribution in [0, 0.1) is 24.0 Å². The maximum atomic E-state index is 12.4. The number of benzene rings is 2. The Kier molecular flexibility index (Phi) is 4.47. The van der Waals surface area contributed by atoms with E-state index in [9.17, 15) is 18.5 Å². The molecule has 1 aromatic heterocycles. The highest BCUT2D eigenvalue weighted by atomic mass is 32.2. The molecule has 0 unspecified atom stereocenters. The minimum absolute atomic E-state index is 0.182. The van der Waals surface area contributed by atoms with Gasteiger partial charge in [0.05, 0.1) is 9.82 Å². The molecule has 26 heavy (non-hydrogen) atoms. The smallest absolute Gasteiger partial charge is 0.270 e. The largest absolute Gasteiger partial charge is 0.446 e. The number of nitrogens with one attached hydrogen (secondary N) is 1. The zero-order valence-electron chi connectivity index (χ0n) is 14.0. The molecule has 0 aliphatic carbocycles. The van der Waals surface area contributed by atoms with Crippen LogP contribution >= 0.6 is 0 Å². The molecule has 0 saturated carbocycles. The van der Waals surface area contributed by atoms with E-state index in [1.807, 2.05) is 0 Å². The lowest BCUT2D eigenvalue weighted by Crippen LogP contribution is -2.13. The van der Waals surface area contributed by atoms with Gasteiger partial charge in [0.25, 0.3) is 15.7 Å². The lowest BCUT2D eigenvalue weighted by Gasteiger charge is -2.08. The number of aromatic nitrogens is 1. The molecule has 0 radical (unpaired) electrons. The molecule has 0 spiro atoms. The maximum absolute atomic E-state index is 12.4. The monoisotopic (exact) mass is 373 g/mol. The summed E-state index contributed by atoms with van der Waals surface area (Å²) in [5, 5.41) is 10.8. The minimum Gasteiger partial charge on any atom is -0.446 e. The average Bonchev–Trinajstić information content (AvgIpc) is 2.94. The van der Waals surface area contributed by atoms with Gasteiger partial charge in [-0.1, -0.05) is 18.2 Å². The Morgan fingerprint density at radius 1 is 1.12 bits per heavy atom. The van der Waals surface area contributed by atoms with Gasteiger partial charge >= 0.3 is 0 Å².